The van der Waals surface area contributed by atoms with E-state index in [0.717, 1.165) is 37.1 Å². The summed E-state index contributed by atoms with van der Waals surface area (Å²) in [5.41, 5.74) is 5.81. The van der Waals surface area contributed by atoms with Crippen molar-refractivity contribution in [2.45, 2.75) is 37.9 Å². The molecule has 0 spiro atoms. The van der Waals surface area contributed by atoms with Crippen molar-refractivity contribution in [2.24, 2.45) is 16.6 Å². The van der Waals surface area contributed by atoms with Crippen LogP contribution in [0.1, 0.15) is 25.7 Å². The summed E-state index contributed by atoms with van der Waals surface area (Å²) in [7, 11) is 1.51. The lowest BCUT2D eigenvalue weighted by Crippen LogP contribution is -2.38. The summed E-state index contributed by atoms with van der Waals surface area (Å²) in [5.74, 6) is 0.752. The standard InChI is InChI=1S/C18H25Cl2N3O2/c1-12(17(24-2)18(20)23-11-21)22-10-15-4-3-5-16(25-15)13-6-8-14(19)9-7-13/h6,8-9,11,13,15-16,22H,1,3-5,7,10H2,2H3,(H2,21,23)/b18-17+/t13?,15-,16+/m1/s1. The monoisotopic (exact) mass is 385 g/mol. The van der Waals surface area contributed by atoms with Gasteiger partial charge in [0, 0.05) is 17.5 Å². The van der Waals surface area contributed by atoms with Gasteiger partial charge < -0.3 is 20.5 Å². The van der Waals surface area contributed by atoms with Gasteiger partial charge in [-0.05, 0) is 31.8 Å². The third-order valence-corrected chi connectivity index (χ3v) is 4.89. The third kappa shape index (κ3) is 5.80. The molecular formula is C18H25Cl2N3O2. The Hall–Kier alpha value is -1.43. The SMILES string of the molecule is C=C(NC[C@H]1CCC[C@@H](C2C=CC(Cl)=CC2)O1)/C(OC)=C(Cl)\N=C/N. The summed E-state index contributed by atoms with van der Waals surface area (Å²) in [5, 5.41) is 4.18. The fourth-order valence-corrected chi connectivity index (χ4v) is 3.46. The number of nitrogens with two attached hydrogens (primary N) is 1. The molecule has 0 amide bonds. The second-order valence-electron chi connectivity index (χ2n) is 6.04. The van der Waals surface area contributed by atoms with Crippen LogP contribution in [-0.2, 0) is 9.47 Å². The molecule has 0 radical (unpaired) electrons. The van der Waals surface area contributed by atoms with E-state index < -0.39 is 0 Å². The highest BCUT2D eigenvalue weighted by atomic mass is 35.5. The number of aliphatic imine (C=N–C) groups is 1. The number of allylic oxidation sites excluding steroid dienone is 3. The summed E-state index contributed by atoms with van der Waals surface area (Å²) in [6, 6.07) is 0. The number of halogens is 2. The molecule has 2 rings (SSSR count). The van der Waals surface area contributed by atoms with Crippen LogP contribution in [0.15, 0.2) is 51.4 Å². The Bertz CT molecular complexity index is 599. The normalized spacial score (nSPS) is 27.6. The van der Waals surface area contributed by atoms with E-state index in [2.05, 4.69) is 29.0 Å². The Morgan fingerprint density at radius 3 is 3.00 bits per heavy atom. The van der Waals surface area contributed by atoms with Gasteiger partial charge in [0.15, 0.2) is 10.9 Å². The van der Waals surface area contributed by atoms with Gasteiger partial charge in [0.25, 0.3) is 0 Å². The van der Waals surface area contributed by atoms with Gasteiger partial charge in [-0.2, -0.15) is 0 Å². The predicted octanol–water partition coefficient (Wildman–Crippen LogP) is 3.77. The van der Waals surface area contributed by atoms with E-state index in [4.69, 9.17) is 38.4 Å². The molecule has 0 aromatic heterocycles. The first kappa shape index (κ1) is 19.9. The molecule has 0 aromatic carbocycles. The van der Waals surface area contributed by atoms with Crippen molar-refractivity contribution in [1.29, 1.82) is 0 Å². The van der Waals surface area contributed by atoms with Crippen LogP contribution in [0.4, 0.5) is 0 Å². The average molecular weight is 386 g/mol. The van der Waals surface area contributed by atoms with E-state index in [0.29, 0.717) is 23.9 Å². The number of hydrogen-bond acceptors (Lipinski definition) is 4. The van der Waals surface area contributed by atoms with Crippen molar-refractivity contribution >= 4 is 29.5 Å². The van der Waals surface area contributed by atoms with E-state index in [1.165, 1.54) is 7.11 Å². The molecule has 138 valence electrons. The highest BCUT2D eigenvalue weighted by Gasteiger charge is 2.28. The minimum Gasteiger partial charge on any atom is -0.491 e. The minimum absolute atomic E-state index is 0.111. The molecule has 3 atom stereocenters. The first-order chi connectivity index (χ1) is 12.0. The van der Waals surface area contributed by atoms with Crippen LogP contribution in [0, 0.1) is 5.92 Å². The van der Waals surface area contributed by atoms with Crippen molar-refractivity contribution in [2.75, 3.05) is 13.7 Å². The number of methoxy groups -OCH3 is 1. The number of rotatable bonds is 7. The smallest absolute Gasteiger partial charge is 0.178 e. The summed E-state index contributed by atoms with van der Waals surface area (Å²) in [6.45, 7) is 4.58. The summed E-state index contributed by atoms with van der Waals surface area (Å²) >= 11 is 12.0. The molecule has 5 nitrogen and oxygen atoms in total. The number of ether oxygens (including phenoxy) is 2. The number of nitrogens with one attached hydrogen (secondary N) is 1. The molecule has 1 saturated heterocycles. The van der Waals surface area contributed by atoms with Crippen molar-refractivity contribution in [3.63, 3.8) is 0 Å². The fraction of sp³-hybridized carbons (Fsp3) is 0.500. The predicted molar refractivity (Wildman–Crippen MR) is 103 cm³/mol. The zero-order valence-corrected chi connectivity index (χ0v) is 15.9. The second-order valence-corrected chi connectivity index (χ2v) is 6.83. The van der Waals surface area contributed by atoms with Crippen LogP contribution in [0.2, 0.25) is 0 Å². The molecule has 7 heteroatoms. The quantitative estimate of drug-likeness (QED) is 0.230. The average Bonchev–Trinajstić information content (AvgIpc) is 2.62. The van der Waals surface area contributed by atoms with Gasteiger partial charge in [-0.25, -0.2) is 4.99 Å². The van der Waals surface area contributed by atoms with Crippen LogP contribution in [0.3, 0.4) is 0 Å². The van der Waals surface area contributed by atoms with E-state index in [9.17, 15) is 0 Å². The Morgan fingerprint density at radius 2 is 2.36 bits per heavy atom. The number of nitrogens with zero attached hydrogens (tertiary/aromatic N) is 1. The molecule has 1 heterocycles. The maximum atomic E-state index is 6.27. The third-order valence-electron chi connectivity index (χ3n) is 4.34. The van der Waals surface area contributed by atoms with Gasteiger partial charge in [-0.15, -0.1) is 0 Å². The molecule has 3 N–H and O–H groups in total. The largest absolute Gasteiger partial charge is 0.491 e. The molecule has 1 fully saturated rings. The lowest BCUT2D eigenvalue weighted by molar-refractivity contribution is -0.0657. The van der Waals surface area contributed by atoms with Gasteiger partial charge >= 0.3 is 0 Å². The summed E-state index contributed by atoms with van der Waals surface area (Å²) in [6.07, 6.45) is 11.7. The van der Waals surface area contributed by atoms with Crippen LogP contribution >= 0.6 is 23.2 Å². The summed E-state index contributed by atoms with van der Waals surface area (Å²) < 4.78 is 11.5. The lowest BCUT2D eigenvalue weighted by atomic mass is 9.89. The van der Waals surface area contributed by atoms with Gasteiger partial charge in [0.05, 0.1) is 31.4 Å². The molecule has 0 aromatic rings. The maximum Gasteiger partial charge on any atom is 0.178 e. The van der Waals surface area contributed by atoms with E-state index >= 15 is 0 Å². The fourth-order valence-electron chi connectivity index (χ4n) is 3.05. The lowest BCUT2D eigenvalue weighted by Gasteiger charge is -2.35. The zero-order valence-electron chi connectivity index (χ0n) is 14.4. The summed E-state index contributed by atoms with van der Waals surface area (Å²) in [4.78, 5) is 3.81. The van der Waals surface area contributed by atoms with Crippen LogP contribution < -0.4 is 11.1 Å². The molecule has 1 aliphatic carbocycles. The Kier molecular flexibility index (Phi) is 7.88. The van der Waals surface area contributed by atoms with Gasteiger partial charge in [0.2, 0.25) is 0 Å². The first-order valence-corrected chi connectivity index (χ1v) is 9.11. The molecule has 1 aliphatic heterocycles. The van der Waals surface area contributed by atoms with Crippen LogP contribution in [0.25, 0.3) is 0 Å². The molecule has 2 aliphatic rings. The molecule has 25 heavy (non-hydrogen) atoms. The highest BCUT2D eigenvalue weighted by molar-refractivity contribution is 6.31. The molecular weight excluding hydrogens is 361 g/mol. The minimum atomic E-state index is 0.111. The van der Waals surface area contributed by atoms with Crippen LogP contribution in [-0.4, -0.2) is 32.2 Å². The van der Waals surface area contributed by atoms with Crippen molar-refractivity contribution < 1.29 is 9.47 Å². The Balaban J connectivity index is 1.87. The van der Waals surface area contributed by atoms with Crippen molar-refractivity contribution in [1.82, 2.24) is 5.32 Å². The Morgan fingerprint density at radius 1 is 1.56 bits per heavy atom. The topological polar surface area (TPSA) is 68.9 Å². The van der Waals surface area contributed by atoms with E-state index in [-0.39, 0.29) is 17.4 Å². The molecule has 1 unspecified atom stereocenters. The maximum absolute atomic E-state index is 6.27. The van der Waals surface area contributed by atoms with Gasteiger partial charge in [-0.1, -0.05) is 41.9 Å². The second kappa shape index (κ2) is 9.90. The van der Waals surface area contributed by atoms with Crippen LogP contribution in [0.5, 0.6) is 0 Å². The first-order valence-electron chi connectivity index (χ1n) is 8.35. The molecule has 0 bridgehead atoms. The zero-order chi connectivity index (χ0) is 18.2. The molecule has 0 saturated carbocycles. The number of hydrogen-bond donors (Lipinski definition) is 2. The van der Waals surface area contributed by atoms with Gasteiger partial charge in [0.1, 0.15) is 0 Å². The van der Waals surface area contributed by atoms with Crippen molar-refractivity contribution in [3.8, 4) is 0 Å². The van der Waals surface area contributed by atoms with Gasteiger partial charge in [-0.3, -0.25) is 0 Å². The van der Waals surface area contributed by atoms with E-state index in [1.807, 2.05) is 6.08 Å². The van der Waals surface area contributed by atoms with Crippen molar-refractivity contribution in [3.05, 3.63) is 46.5 Å². The van der Waals surface area contributed by atoms with E-state index in [1.54, 1.807) is 0 Å². The highest BCUT2D eigenvalue weighted by Crippen LogP contribution is 2.30. The Labute approximate surface area is 159 Å².